The number of aromatic amines is 1. The number of nitrogens with one attached hydrogen (secondary N) is 1. The van der Waals surface area contributed by atoms with Crippen molar-refractivity contribution in [2.75, 3.05) is 0 Å². The fourth-order valence-corrected chi connectivity index (χ4v) is 4.23. The Kier molecular flexibility index (Phi) is 5.33. The number of aromatic nitrogens is 7. The van der Waals surface area contributed by atoms with Crippen LogP contribution < -0.4 is 0 Å². The Morgan fingerprint density at radius 2 is 1.97 bits per heavy atom. The molecule has 8 nitrogen and oxygen atoms in total. The molecule has 0 atom stereocenters. The summed E-state index contributed by atoms with van der Waals surface area (Å²) in [7, 11) is 0. The molecule has 0 aliphatic heterocycles. The number of rotatable bonds is 7. The van der Waals surface area contributed by atoms with Crippen molar-refractivity contribution in [3.63, 3.8) is 0 Å². The van der Waals surface area contributed by atoms with Crippen LogP contribution in [0.1, 0.15) is 31.0 Å². The number of furan rings is 1. The highest BCUT2D eigenvalue weighted by Crippen LogP contribution is 2.40. The van der Waals surface area contributed by atoms with Gasteiger partial charge >= 0.3 is 0 Å². The zero-order chi connectivity index (χ0) is 21.2. The molecule has 5 rings (SSSR count). The SMILES string of the molecule is CCCCc1cnnn1Cc1ccc2c(-c3ccccc3-c3nn[nH]n3)oc(Br)c2c1. The summed E-state index contributed by atoms with van der Waals surface area (Å²) in [5, 5.41) is 24.8. The summed E-state index contributed by atoms with van der Waals surface area (Å²) in [5.41, 5.74) is 4.05. The highest BCUT2D eigenvalue weighted by atomic mass is 79.9. The van der Waals surface area contributed by atoms with Crippen molar-refractivity contribution < 1.29 is 4.42 Å². The first-order chi connectivity index (χ1) is 15.2. The zero-order valence-corrected chi connectivity index (χ0v) is 18.5. The van der Waals surface area contributed by atoms with E-state index in [1.807, 2.05) is 35.1 Å². The standard InChI is InChI=1S/C22H20BrN7O/c1-2-3-6-15-12-24-29-30(15)13-14-9-10-17-19(11-14)21(23)31-20(17)16-7-4-5-8-18(16)22-25-27-28-26-22/h4-5,7-12H,2-3,6,13H2,1H3,(H,25,26,27,28). The van der Waals surface area contributed by atoms with E-state index in [4.69, 9.17) is 4.42 Å². The van der Waals surface area contributed by atoms with Gasteiger partial charge in [0.15, 0.2) is 4.67 Å². The third-order valence-corrected chi connectivity index (χ3v) is 5.90. The maximum absolute atomic E-state index is 6.15. The predicted octanol–water partition coefficient (Wildman–Crippen LogP) is 5.02. The average molecular weight is 478 g/mol. The molecule has 0 spiro atoms. The van der Waals surface area contributed by atoms with Crippen molar-refractivity contribution >= 4 is 26.7 Å². The second-order valence-corrected chi connectivity index (χ2v) is 8.07. The van der Waals surface area contributed by atoms with E-state index in [0.29, 0.717) is 17.0 Å². The van der Waals surface area contributed by atoms with Crippen LogP contribution in [0.5, 0.6) is 0 Å². The van der Waals surface area contributed by atoms with Crippen molar-refractivity contribution in [3.8, 4) is 22.7 Å². The molecule has 31 heavy (non-hydrogen) atoms. The molecule has 0 saturated carbocycles. The molecule has 0 aliphatic carbocycles. The number of nitrogens with zero attached hydrogens (tertiary/aromatic N) is 6. The molecule has 0 aliphatic rings. The highest BCUT2D eigenvalue weighted by molar-refractivity contribution is 9.10. The van der Waals surface area contributed by atoms with Crippen LogP contribution in [0.3, 0.4) is 0 Å². The minimum atomic E-state index is 0.527. The summed E-state index contributed by atoms with van der Waals surface area (Å²) in [6.07, 6.45) is 5.11. The maximum atomic E-state index is 6.15. The molecule has 0 radical (unpaired) electrons. The first kappa shape index (κ1) is 19.6. The van der Waals surface area contributed by atoms with Gasteiger partial charge < -0.3 is 4.42 Å². The van der Waals surface area contributed by atoms with Crippen molar-refractivity contribution in [1.82, 2.24) is 35.6 Å². The minimum Gasteiger partial charge on any atom is -0.448 e. The number of unbranched alkanes of at least 4 members (excludes halogenated alkanes) is 1. The lowest BCUT2D eigenvalue weighted by molar-refractivity contribution is 0.561. The van der Waals surface area contributed by atoms with E-state index < -0.39 is 0 Å². The zero-order valence-electron chi connectivity index (χ0n) is 16.9. The number of fused-ring (bicyclic) bond motifs is 1. The highest BCUT2D eigenvalue weighted by Gasteiger charge is 2.19. The maximum Gasteiger partial charge on any atom is 0.205 e. The van der Waals surface area contributed by atoms with Crippen molar-refractivity contribution in [3.05, 3.63) is 64.6 Å². The van der Waals surface area contributed by atoms with Crippen LogP contribution in [0, 0.1) is 0 Å². The molecular formula is C22H20BrN7O. The monoisotopic (exact) mass is 477 g/mol. The summed E-state index contributed by atoms with van der Waals surface area (Å²) < 4.78 is 8.81. The Morgan fingerprint density at radius 3 is 2.77 bits per heavy atom. The molecule has 0 bridgehead atoms. The van der Waals surface area contributed by atoms with Gasteiger partial charge in [-0.2, -0.15) is 5.21 Å². The van der Waals surface area contributed by atoms with Gasteiger partial charge in [0.2, 0.25) is 5.82 Å². The molecule has 156 valence electrons. The van der Waals surface area contributed by atoms with Crippen LogP contribution in [0.4, 0.5) is 0 Å². The molecule has 0 fully saturated rings. The van der Waals surface area contributed by atoms with Gasteiger partial charge in [-0.25, -0.2) is 4.68 Å². The van der Waals surface area contributed by atoms with Gasteiger partial charge in [0.1, 0.15) is 5.76 Å². The Morgan fingerprint density at radius 1 is 1.10 bits per heavy atom. The number of benzene rings is 2. The summed E-state index contributed by atoms with van der Waals surface area (Å²) in [6.45, 7) is 2.86. The van der Waals surface area contributed by atoms with Crippen LogP contribution in [-0.4, -0.2) is 35.6 Å². The largest absolute Gasteiger partial charge is 0.448 e. The molecule has 1 N–H and O–H groups in total. The summed E-state index contributed by atoms with van der Waals surface area (Å²) >= 11 is 3.60. The summed E-state index contributed by atoms with van der Waals surface area (Å²) in [4.78, 5) is 0. The van der Waals surface area contributed by atoms with E-state index >= 15 is 0 Å². The van der Waals surface area contributed by atoms with Crippen LogP contribution in [0.2, 0.25) is 0 Å². The van der Waals surface area contributed by atoms with Gasteiger partial charge in [-0.15, -0.1) is 15.3 Å². The van der Waals surface area contributed by atoms with Crippen LogP contribution in [0.15, 0.2) is 57.7 Å². The quantitative estimate of drug-likeness (QED) is 0.353. The Labute approximate surface area is 186 Å². The van der Waals surface area contributed by atoms with Gasteiger partial charge in [0.25, 0.3) is 0 Å². The van der Waals surface area contributed by atoms with E-state index in [-0.39, 0.29) is 0 Å². The number of tetrazole rings is 1. The average Bonchev–Trinajstić information content (AvgIpc) is 3.54. The Balaban J connectivity index is 1.53. The first-order valence-electron chi connectivity index (χ1n) is 10.2. The molecule has 3 aromatic heterocycles. The first-order valence-corrected chi connectivity index (χ1v) is 11.0. The molecule has 3 heterocycles. The van der Waals surface area contributed by atoms with Gasteiger partial charge in [-0.05, 0) is 45.6 Å². The third kappa shape index (κ3) is 3.76. The number of aryl methyl sites for hydroxylation is 1. The third-order valence-electron chi connectivity index (χ3n) is 5.31. The topological polar surface area (TPSA) is 98.3 Å². The number of halogens is 1. The Bertz CT molecular complexity index is 1320. The van der Waals surface area contributed by atoms with Gasteiger partial charge in [0.05, 0.1) is 18.4 Å². The lowest BCUT2D eigenvalue weighted by Crippen LogP contribution is -2.06. The number of H-pyrrole nitrogens is 1. The molecular weight excluding hydrogens is 458 g/mol. The number of hydrogen-bond acceptors (Lipinski definition) is 6. The van der Waals surface area contributed by atoms with Crippen LogP contribution in [-0.2, 0) is 13.0 Å². The summed E-state index contributed by atoms with van der Waals surface area (Å²) in [6, 6.07) is 14.2. The van der Waals surface area contributed by atoms with Crippen molar-refractivity contribution in [2.45, 2.75) is 32.7 Å². The van der Waals surface area contributed by atoms with Crippen molar-refractivity contribution in [1.29, 1.82) is 0 Å². The molecule has 0 saturated heterocycles. The van der Waals surface area contributed by atoms with E-state index in [0.717, 1.165) is 58.2 Å². The predicted molar refractivity (Wildman–Crippen MR) is 120 cm³/mol. The number of hydrogen-bond donors (Lipinski definition) is 1. The molecule has 5 aromatic rings. The fourth-order valence-electron chi connectivity index (χ4n) is 3.74. The van der Waals surface area contributed by atoms with E-state index in [1.54, 1.807) is 0 Å². The summed E-state index contributed by atoms with van der Waals surface area (Å²) in [5.74, 6) is 1.29. The lowest BCUT2D eigenvalue weighted by atomic mass is 10.0. The van der Waals surface area contributed by atoms with Gasteiger partial charge in [-0.1, -0.05) is 55.0 Å². The van der Waals surface area contributed by atoms with Gasteiger partial charge in [0, 0.05) is 21.9 Å². The molecule has 9 heteroatoms. The normalized spacial score (nSPS) is 11.4. The van der Waals surface area contributed by atoms with E-state index in [2.05, 4.69) is 72.0 Å². The lowest BCUT2D eigenvalue weighted by Gasteiger charge is -2.07. The van der Waals surface area contributed by atoms with Crippen molar-refractivity contribution in [2.24, 2.45) is 0 Å². The minimum absolute atomic E-state index is 0.527. The molecule has 0 unspecified atom stereocenters. The van der Waals surface area contributed by atoms with Gasteiger partial charge in [-0.3, -0.25) is 0 Å². The van der Waals surface area contributed by atoms with Crippen LogP contribution in [0.25, 0.3) is 33.5 Å². The Hall–Kier alpha value is -3.33. The second kappa shape index (κ2) is 8.43. The smallest absolute Gasteiger partial charge is 0.205 e. The van der Waals surface area contributed by atoms with E-state index in [1.165, 1.54) is 0 Å². The molecule has 0 amide bonds. The fraction of sp³-hybridized carbons (Fsp3) is 0.227. The second-order valence-electron chi connectivity index (χ2n) is 7.35. The molecule has 2 aromatic carbocycles. The van der Waals surface area contributed by atoms with Crippen LogP contribution >= 0.6 is 15.9 Å². The van der Waals surface area contributed by atoms with E-state index in [9.17, 15) is 0 Å².